The lowest BCUT2D eigenvalue weighted by Gasteiger charge is -2.34. The number of hydrogen-bond acceptors (Lipinski definition) is 2. The number of rotatable bonds is 2. The summed E-state index contributed by atoms with van der Waals surface area (Å²) in [6.07, 6.45) is 19.1. The molecule has 4 atom stereocenters. The fourth-order valence-corrected chi connectivity index (χ4v) is 12.7. The second-order valence-electron chi connectivity index (χ2n) is 17.2. The molecule has 2 spiro atoms. The molecule has 14 rings (SSSR count). The molecule has 0 N–H and O–H groups in total. The SMILES string of the molecule is O=C(c1ccc2c(c1)C1(C3=CC=CC=CC3c3ccccc31)C1=CC=CCC12)c1cccc2c1-c1ccccc1C21c2ccccc2-c2c1ccc1c2oc2ccccc21. The Hall–Kier alpha value is -7.29. The summed E-state index contributed by atoms with van der Waals surface area (Å²) in [5.74, 6) is 0.471. The van der Waals surface area contributed by atoms with Crippen LogP contribution >= 0.6 is 0 Å². The number of carbonyl (C=O) groups is 1. The van der Waals surface area contributed by atoms with E-state index in [1.165, 1.54) is 55.7 Å². The molecule has 1 heterocycles. The Morgan fingerprint density at radius 2 is 1.27 bits per heavy atom. The molecule has 8 aromatic rings. The van der Waals surface area contributed by atoms with E-state index in [0.29, 0.717) is 0 Å². The molecule has 2 heteroatoms. The minimum absolute atomic E-state index is 0.0512. The fourth-order valence-electron chi connectivity index (χ4n) is 12.7. The molecule has 0 aliphatic heterocycles. The molecule has 7 aromatic carbocycles. The summed E-state index contributed by atoms with van der Waals surface area (Å²) in [6.45, 7) is 0. The number of ketones is 1. The van der Waals surface area contributed by atoms with Gasteiger partial charge in [-0.15, -0.1) is 0 Å². The van der Waals surface area contributed by atoms with E-state index in [4.69, 9.17) is 4.42 Å². The average molecular weight is 765 g/mol. The molecular formula is C58H36O2. The van der Waals surface area contributed by atoms with E-state index in [1.807, 2.05) is 6.07 Å². The Balaban J connectivity index is 1.00. The van der Waals surface area contributed by atoms with Crippen LogP contribution in [0.3, 0.4) is 0 Å². The van der Waals surface area contributed by atoms with Gasteiger partial charge < -0.3 is 4.42 Å². The van der Waals surface area contributed by atoms with Gasteiger partial charge in [-0.1, -0.05) is 182 Å². The van der Waals surface area contributed by atoms with Crippen molar-refractivity contribution in [2.75, 3.05) is 0 Å². The summed E-state index contributed by atoms with van der Waals surface area (Å²) in [6, 6.07) is 52.5. The van der Waals surface area contributed by atoms with Crippen molar-refractivity contribution in [3.05, 3.63) is 261 Å². The molecule has 0 saturated carbocycles. The predicted octanol–water partition coefficient (Wildman–Crippen LogP) is 13.6. The first-order valence-electron chi connectivity index (χ1n) is 21.2. The summed E-state index contributed by atoms with van der Waals surface area (Å²) in [5.41, 5.74) is 19.5. The van der Waals surface area contributed by atoms with Crippen LogP contribution in [0.15, 0.2) is 210 Å². The van der Waals surface area contributed by atoms with Gasteiger partial charge in [-0.05, 0) is 90.9 Å². The highest BCUT2D eigenvalue weighted by Crippen LogP contribution is 2.68. The van der Waals surface area contributed by atoms with Gasteiger partial charge in [-0.25, -0.2) is 0 Å². The van der Waals surface area contributed by atoms with Crippen molar-refractivity contribution < 1.29 is 9.21 Å². The van der Waals surface area contributed by atoms with Gasteiger partial charge in [-0.2, -0.15) is 0 Å². The highest BCUT2D eigenvalue weighted by molar-refractivity contribution is 6.17. The molecular weight excluding hydrogens is 729 g/mol. The number of carbonyl (C=O) groups excluding carboxylic acids is 1. The van der Waals surface area contributed by atoms with Crippen molar-refractivity contribution in [3.8, 4) is 22.3 Å². The molecule has 280 valence electrons. The Morgan fingerprint density at radius 3 is 2.15 bits per heavy atom. The van der Waals surface area contributed by atoms with Crippen molar-refractivity contribution in [1.82, 2.24) is 0 Å². The zero-order valence-electron chi connectivity index (χ0n) is 32.7. The van der Waals surface area contributed by atoms with E-state index in [1.54, 1.807) is 0 Å². The molecule has 0 amide bonds. The molecule has 6 aliphatic rings. The maximum atomic E-state index is 15.6. The van der Waals surface area contributed by atoms with Crippen LogP contribution in [0.2, 0.25) is 0 Å². The molecule has 60 heavy (non-hydrogen) atoms. The second kappa shape index (κ2) is 11.5. The van der Waals surface area contributed by atoms with Crippen LogP contribution in [0.25, 0.3) is 44.2 Å². The summed E-state index contributed by atoms with van der Waals surface area (Å²) in [4.78, 5) is 15.6. The number of hydrogen-bond donors (Lipinski definition) is 0. The minimum atomic E-state index is -0.617. The first kappa shape index (κ1) is 32.6. The Bertz CT molecular complexity index is 3450. The third-order valence-corrected chi connectivity index (χ3v) is 14.8. The number of para-hydroxylation sites is 1. The van der Waals surface area contributed by atoms with Gasteiger partial charge in [-0.3, -0.25) is 4.79 Å². The van der Waals surface area contributed by atoms with Crippen LogP contribution in [0.4, 0.5) is 0 Å². The molecule has 0 bridgehead atoms. The first-order chi connectivity index (χ1) is 29.7. The highest BCUT2D eigenvalue weighted by atomic mass is 16.3. The normalized spacial score (nSPS) is 22.8. The van der Waals surface area contributed by atoms with Gasteiger partial charge in [0.05, 0.1) is 10.8 Å². The van der Waals surface area contributed by atoms with Crippen LogP contribution in [0.1, 0.15) is 78.7 Å². The molecule has 1 aromatic heterocycles. The van der Waals surface area contributed by atoms with Gasteiger partial charge in [0.2, 0.25) is 0 Å². The highest BCUT2D eigenvalue weighted by Gasteiger charge is 2.58. The second-order valence-corrected chi connectivity index (χ2v) is 17.2. The van der Waals surface area contributed by atoms with E-state index in [9.17, 15) is 0 Å². The molecule has 0 fully saturated rings. The summed E-state index contributed by atoms with van der Waals surface area (Å²) < 4.78 is 6.75. The zero-order valence-corrected chi connectivity index (χ0v) is 32.7. The van der Waals surface area contributed by atoms with Gasteiger partial charge in [0.1, 0.15) is 11.2 Å². The maximum Gasteiger partial charge on any atom is 0.193 e. The first-order valence-corrected chi connectivity index (χ1v) is 21.2. The number of furan rings is 1. The maximum absolute atomic E-state index is 15.6. The third-order valence-electron chi connectivity index (χ3n) is 14.8. The van der Waals surface area contributed by atoms with Crippen molar-refractivity contribution in [2.45, 2.75) is 29.1 Å². The number of fused-ring (bicyclic) bond motifs is 24. The Kier molecular flexibility index (Phi) is 6.24. The van der Waals surface area contributed by atoms with Crippen molar-refractivity contribution >= 4 is 27.7 Å². The third kappa shape index (κ3) is 3.71. The van der Waals surface area contributed by atoms with Crippen molar-refractivity contribution in [1.29, 1.82) is 0 Å². The summed E-state index contributed by atoms with van der Waals surface area (Å²) >= 11 is 0. The largest absolute Gasteiger partial charge is 0.455 e. The van der Waals surface area contributed by atoms with Crippen molar-refractivity contribution in [2.24, 2.45) is 0 Å². The van der Waals surface area contributed by atoms with Crippen LogP contribution < -0.4 is 0 Å². The van der Waals surface area contributed by atoms with E-state index < -0.39 is 10.8 Å². The molecule has 4 unspecified atom stereocenters. The van der Waals surface area contributed by atoms with Crippen LogP contribution in [-0.2, 0) is 10.8 Å². The zero-order chi connectivity index (χ0) is 39.3. The van der Waals surface area contributed by atoms with Crippen LogP contribution in [0.5, 0.6) is 0 Å². The van der Waals surface area contributed by atoms with E-state index >= 15 is 4.79 Å². The number of allylic oxidation sites excluding steroid dienone is 10. The Morgan fingerprint density at radius 1 is 0.533 bits per heavy atom. The standard InChI is InChI=1S/C58H36O2/c59-55(34-29-30-38-37-17-5-10-24-46(37)57(51(38)33-34)44-22-3-1-2-15-35(44)36-16-4-9-23-45(36)57)43-21-14-27-49-53(43)41-19-6-11-25-47(41)58(49)48-26-12-7-20-42(48)54-50(58)32-31-40-39-18-8-13-28-52(39)60-56(40)54/h1-16,18-33,35,37H,17H2. The van der Waals surface area contributed by atoms with Gasteiger partial charge in [0, 0.05) is 39.3 Å². The topological polar surface area (TPSA) is 30.2 Å². The van der Waals surface area contributed by atoms with Crippen molar-refractivity contribution in [3.63, 3.8) is 0 Å². The summed E-state index contributed by atoms with van der Waals surface area (Å²) in [5, 5.41) is 2.24. The quantitative estimate of drug-likeness (QED) is 0.164. The minimum Gasteiger partial charge on any atom is -0.455 e. The van der Waals surface area contributed by atoms with E-state index in [2.05, 4.69) is 188 Å². The predicted molar refractivity (Wildman–Crippen MR) is 241 cm³/mol. The van der Waals surface area contributed by atoms with Gasteiger partial charge in [0.15, 0.2) is 5.78 Å². The van der Waals surface area contributed by atoms with E-state index in [-0.39, 0.29) is 17.6 Å². The lowest BCUT2D eigenvalue weighted by atomic mass is 9.67. The summed E-state index contributed by atoms with van der Waals surface area (Å²) in [7, 11) is 0. The fraction of sp³-hybridized carbons (Fsp3) is 0.0862. The average Bonchev–Trinajstić information content (AvgIpc) is 4.02. The molecule has 0 radical (unpaired) electrons. The van der Waals surface area contributed by atoms with Crippen LogP contribution in [-0.4, -0.2) is 5.78 Å². The Labute approximate surface area is 347 Å². The monoisotopic (exact) mass is 764 g/mol. The van der Waals surface area contributed by atoms with E-state index in [0.717, 1.165) is 61.7 Å². The molecule has 6 aliphatic carbocycles. The lowest BCUT2D eigenvalue weighted by molar-refractivity contribution is 0.103. The van der Waals surface area contributed by atoms with Crippen LogP contribution in [0, 0.1) is 0 Å². The lowest BCUT2D eigenvalue weighted by Crippen LogP contribution is -2.28. The van der Waals surface area contributed by atoms with Gasteiger partial charge >= 0.3 is 0 Å². The molecule has 2 nitrogen and oxygen atoms in total. The smallest absolute Gasteiger partial charge is 0.193 e. The molecule has 0 saturated heterocycles. The van der Waals surface area contributed by atoms with Gasteiger partial charge in [0.25, 0.3) is 0 Å². The number of benzene rings is 7.